The quantitative estimate of drug-likeness (QED) is 0.719. The number of benzene rings is 1. The van der Waals surface area contributed by atoms with Crippen molar-refractivity contribution >= 4 is 0 Å². The average Bonchev–Trinajstić information content (AvgIpc) is 2.01. The second-order valence-corrected chi connectivity index (χ2v) is 3.32. The molecule has 3 heteroatoms. The molecule has 2 rings (SSSR count). The Balaban J connectivity index is 2.18. The highest BCUT2D eigenvalue weighted by Crippen LogP contribution is 2.24. The predicted octanol–water partition coefficient (Wildman–Crippen LogP) is 1.22. The lowest BCUT2D eigenvalue weighted by molar-refractivity contribution is 0.0924. The standard InChI is InChI=1S/C10H12FNO/c11-8-4-2-1-3-7(8)10(13)9-5-6-12-9/h1-4,9-10,12-13H,5-6H2. The van der Waals surface area contributed by atoms with E-state index in [2.05, 4.69) is 5.32 Å². The molecule has 70 valence electrons. The molecule has 0 aliphatic carbocycles. The largest absolute Gasteiger partial charge is 0.387 e. The van der Waals surface area contributed by atoms with Gasteiger partial charge in [0.2, 0.25) is 0 Å². The third-order valence-corrected chi connectivity index (χ3v) is 2.47. The smallest absolute Gasteiger partial charge is 0.129 e. The van der Waals surface area contributed by atoms with E-state index in [0.29, 0.717) is 5.56 Å². The summed E-state index contributed by atoms with van der Waals surface area (Å²) in [4.78, 5) is 0. The highest BCUT2D eigenvalue weighted by atomic mass is 19.1. The maximum Gasteiger partial charge on any atom is 0.129 e. The molecule has 0 aromatic heterocycles. The lowest BCUT2D eigenvalue weighted by Crippen LogP contribution is -2.47. The lowest BCUT2D eigenvalue weighted by Gasteiger charge is -2.32. The zero-order chi connectivity index (χ0) is 9.26. The van der Waals surface area contributed by atoms with Crippen molar-refractivity contribution in [2.24, 2.45) is 0 Å². The Kier molecular flexibility index (Phi) is 2.29. The molecule has 2 atom stereocenters. The molecule has 0 radical (unpaired) electrons. The molecule has 1 heterocycles. The first-order chi connectivity index (χ1) is 6.29. The van der Waals surface area contributed by atoms with Crippen molar-refractivity contribution in [3.05, 3.63) is 35.6 Å². The molecule has 0 spiro atoms. The molecular formula is C10H12FNO. The van der Waals surface area contributed by atoms with Gasteiger partial charge < -0.3 is 10.4 Å². The van der Waals surface area contributed by atoms with E-state index in [-0.39, 0.29) is 11.9 Å². The van der Waals surface area contributed by atoms with Crippen LogP contribution in [0.2, 0.25) is 0 Å². The van der Waals surface area contributed by atoms with Gasteiger partial charge in [-0.2, -0.15) is 0 Å². The summed E-state index contributed by atoms with van der Waals surface area (Å²) in [7, 11) is 0. The van der Waals surface area contributed by atoms with Crippen LogP contribution < -0.4 is 5.32 Å². The second-order valence-electron chi connectivity index (χ2n) is 3.32. The van der Waals surface area contributed by atoms with E-state index < -0.39 is 6.10 Å². The Bertz CT molecular complexity index is 299. The van der Waals surface area contributed by atoms with Crippen LogP contribution in [-0.4, -0.2) is 17.7 Å². The van der Waals surface area contributed by atoms with Crippen LogP contribution in [0, 0.1) is 5.82 Å². The van der Waals surface area contributed by atoms with Gasteiger partial charge in [-0.25, -0.2) is 4.39 Å². The molecule has 2 N–H and O–H groups in total. The van der Waals surface area contributed by atoms with Crippen molar-refractivity contribution < 1.29 is 9.50 Å². The summed E-state index contributed by atoms with van der Waals surface area (Å²) in [6, 6.07) is 6.38. The van der Waals surface area contributed by atoms with Crippen LogP contribution in [0.5, 0.6) is 0 Å². The molecule has 1 saturated heterocycles. The molecule has 1 fully saturated rings. The molecule has 1 aromatic carbocycles. The Hall–Kier alpha value is -0.930. The number of halogens is 1. The van der Waals surface area contributed by atoms with E-state index in [9.17, 15) is 9.50 Å². The van der Waals surface area contributed by atoms with E-state index in [1.54, 1.807) is 18.2 Å². The summed E-state index contributed by atoms with van der Waals surface area (Å²) in [5, 5.41) is 12.8. The normalized spacial score (nSPS) is 23.7. The number of aliphatic hydroxyl groups is 1. The maximum absolute atomic E-state index is 13.2. The van der Waals surface area contributed by atoms with Crippen LogP contribution in [0.15, 0.2) is 24.3 Å². The third-order valence-electron chi connectivity index (χ3n) is 2.47. The number of rotatable bonds is 2. The minimum Gasteiger partial charge on any atom is -0.387 e. The molecule has 2 unspecified atom stereocenters. The van der Waals surface area contributed by atoms with Gasteiger partial charge in [-0.05, 0) is 19.0 Å². The summed E-state index contributed by atoms with van der Waals surface area (Å²) < 4.78 is 13.2. The van der Waals surface area contributed by atoms with Crippen LogP contribution in [0.25, 0.3) is 0 Å². The summed E-state index contributed by atoms with van der Waals surface area (Å²) >= 11 is 0. The molecule has 0 amide bonds. The van der Waals surface area contributed by atoms with Crippen molar-refractivity contribution in [2.75, 3.05) is 6.54 Å². The number of aliphatic hydroxyl groups excluding tert-OH is 1. The minimum absolute atomic E-state index is 0.0249. The van der Waals surface area contributed by atoms with E-state index in [1.165, 1.54) is 6.07 Å². The Labute approximate surface area is 76.4 Å². The van der Waals surface area contributed by atoms with E-state index in [0.717, 1.165) is 13.0 Å². The van der Waals surface area contributed by atoms with Gasteiger partial charge in [-0.1, -0.05) is 18.2 Å². The van der Waals surface area contributed by atoms with E-state index in [1.807, 2.05) is 0 Å². The second kappa shape index (κ2) is 3.44. The Morgan fingerprint density at radius 2 is 2.15 bits per heavy atom. The van der Waals surface area contributed by atoms with Gasteiger partial charge in [-0.15, -0.1) is 0 Å². The van der Waals surface area contributed by atoms with Gasteiger partial charge in [-0.3, -0.25) is 0 Å². The first-order valence-corrected chi connectivity index (χ1v) is 4.45. The molecule has 13 heavy (non-hydrogen) atoms. The van der Waals surface area contributed by atoms with Crippen LogP contribution in [-0.2, 0) is 0 Å². The van der Waals surface area contributed by atoms with Crippen LogP contribution in [0.3, 0.4) is 0 Å². The van der Waals surface area contributed by atoms with Gasteiger partial charge in [0.1, 0.15) is 5.82 Å². The highest BCUT2D eigenvalue weighted by Gasteiger charge is 2.27. The van der Waals surface area contributed by atoms with Crippen molar-refractivity contribution in [1.29, 1.82) is 0 Å². The summed E-state index contributed by atoms with van der Waals surface area (Å²) in [5.74, 6) is -0.330. The summed E-state index contributed by atoms with van der Waals surface area (Å²) in [6.45, 7) is 0.913. The van der Waals surface area contributed by atoms with Crippen LogP contribution >= 0.6 is 0 Å². The first kappa shape index (κ1) is 8.66. The SMILES string of the molecule is OC(c1ccccc1F)C1CCN1. The zero-order valence-corrected chi connectivity index (χ0v) is 7.20. The zero-order valence-electron chi connectivity index (χ0n) is 7.20. The highest BCUT2D eigenvalue weighted by molar-refractivity contribution is 5.21. The predicted molar refractivity (Wildman–Crippen MR) is 47.8 cm³/mol. The van der Waals surface area contributed by atoms with Crippen LogP contribution in [0.1, 0.15) is 18.1 Å². The molecule has 1 aliphatic heterocycles. The Morgan fingerprint density at radius 1 is 1.46 bits per heavy atom. The first-order valence-electron chi connectivity index (χ1n) is 4.45. The topological polar surface area (TPSA) is 32.3 Å². The van der Waals surface area contributed by atoms with E-state index in [4.69, 9.17) is 0 Å². The number of nitrogens with one attached hydrogen (secondary N) is 1. The summed E-state index contributed by atoms with van der Waals surface area (Å²) in [5.41, 5.74) is 0.389. The lowest BCUT2D eigenvalue weighted by atomic mass is 9.95. The molecule has 2 nitrogen and oxygen atoms in total. The average molecular weight is 181 g/mol. The molecular weight excluding hydrogens is 169 g/mol. The Morgan fingerprint density at radius 3 is 2.69 bits per heavy atom. The van der Waals surface area contributed by atoms with Crippen molar-refractivity contribution in [1.82, 2.24) is 5.32 Å². The van der Waals surface area contributed by atoms with Gasteiger partial charge in [0.15, 0.2) is 0 Å². The minimum atomic E-state index is -0.713. The van der Waals surface area contributed by atoms with Crippen molar-refractivity contribution in [3.8, 4) is 0 Å². The van der Waals surface area contributed by atoms with Gasteiger partial charge in [0, 0.05) is 11.6 Å². The monoisotopic (exact) mass is 181 g/mol. The maximum atomic E-state index is 13.2. The fourth-order valence-corrected chi connectivity index (χ4v) is 1.51. The summed E-state index contributed by atoms with van der Waals surface area (Å²) in [6.07, 6.45) is 0.199. The van der Waals surface area contributed by atoms with Crippen molar-refractivity contribution in [3.63, 3.8) is 0 Å². The molecule has 1 aliphatic rings. The number of hydrogen-bond donors (Lipinski definition) is 2. The third kappa shape index (κ3) is 1.57. The van der Waals surface area contributed by atoms with Crippen LogP contribution in [0.4, 0.5) is 4.39 Å². The number of hydrogen-bond acceptors (Lipinski definition) is 2. The molecule has 1 aromatic rings. The molecule has 0 bridgehead atoms. The van der Waals surface area contributed by atoms with Gasteiger partial charge in [0.25, 0.3) is 0 Å². The van der Waals surface area contributed by atoms with Gasteiger partial charge >= 0.3 is 0 Å². The van der Waals surface area contributed by atoms with Gasteiger partial charge in [0.05, 0.1) is 6.10 Å². The van der Waals surface area contributed by atoms with E-state index >= 15 is 0 Å². The fraction of sp³-hybridized carbons (Fsp3) is 0.400. The molecule has 0 saturated carbocycles. The fourth-order valence-electron chi connectivity index (χ4n) is 1.51. The van der Waals surface area contributed by atoms with Crippen molar-refractivity contribution in [2.45, 2.75) is 18.6 Å².